The van der Waals surface area contributed by atoms with Crippen LogP contribution >= 0.6 is 11.6 Å². The van der Waals surface area contributed by atoms with E-state index in [1.54, 1.807) is 6.92 Å². The number of aliphatic hydroxyl groups excluding tert-OH is 1. The highest BCUT2D eigenvalue weighted by atomic mass is 35.5. The Bertz CT molecular complexity index is 857. The minimum absolute atomic E-state index is 0.197. The van der Waals surface area contributed by atoms with Gasteiger partial charge in [0, 0.05) is 12.5 Å². The Morgan fingerprint density at radius 3 is 2.92 bits per heavy atom. The Hall–Kier alpha value is -1.95. The molecule has 0 aliphatic carbocycles. The normalized spacial score (nSPS) is 22.2. The van der Waals surface area contributed by atoms with Gasteiger partial charge in [0.15, 0.2) is 0 Å². The van der Waals surface area contributed by atoms with Crippen LogP contribution in [0.4, 0.5) is 10.3 Å². The zero-order valence-corrected chi connectivity index (χ0v) is 15.6. The zero-order valence-electron chi connectivity index (χ0n) is 14.8. The average Bonchev–Trinajstić information content (AvgIpc) is 2.87. The Labute approximate surface area is 155 Å². The maximum atomic E-state index is 14.6. The molecule has 1 aliphatic heterocycles. The number of ether oxygens (including phenoxy) is 1. The molecule has 26 heavy (non-hydrogen) atoms. The van der Waals surface area contributed by atoms with E-state index in [1.807, 2.05) is 0 Å². The molecule has 1 aliphatic rings. The molecule has 3 rings (SSSR count). The number of alkyl halides is 1. The molecule has 0 radical (unpaired) electrons. The fourth-order valence-electron chi connectivity index (χ4n) is 2.99. The van der Waals surface area contributed by atoms with Gasteiger partial charge in [-0.2, -0.15) is 5.26 Å². The fourth-order valence-corrected chi connectivity index (χ4v) is 3.25. The van der Waals surface area contributed by atoms with Crippen LogP contribution in [0.3, 0.4) is 0 Å². The molecule has 3 atom stereocenters. The van der Waals surface area contributed by atoms with Crippen molar-refractivity contribution in [2.75, 3.05) is 18.5 Å². The molecule has 0 aromatic carbocycles. The van der Waals surface area contributed by atoms with Crippen molar-refractivity contribution in [3.8, 4) is 6.07 Å². The Balaban J connectivity index is 2.06. The predicted octanol–water partition coefficient (Wildman–Crippen LogP) is 2.67. The van der Waals surface area contributed by atoms with E-state index in [-0.39, 0.29) is 29.2 Å². The van der Waals surface area contributed by atoms with Gasteiger partial charge >= 0.3 is 0 Å². The lowest BCUT2D eigenvalue weighted by molar-refractivity contribution is -0.0136. The van der Waals surface area contributed by atoms with Crippen LogP contribution in [0.2, 0.25) is 5.02 Å². The Kier molecular flexibility index (Phi) is 5.06. The summed E-state index contributed by atoms with van der Waals surface area (Å²) < 4.78 is 21.3. The van der Waals surface area contributed by atoms with Crippen LogP contribution in [0.15, 0.2) is 6.20 Å². The van der Waals surface area contributed by atoms with Crippen LogP contribution in [-0.4, -0.2) is 50.7 Å². The number of halogens is 2. The highest BCUT2D eigenvalue weighted by Crippen LogP contribution is 2.38. The van der Waals surface area contributed by atoms with Gasteiger partial charge in [0.05, 0.1) is 41.2 Å². The number of nitriles is 1. The lowest BCUT2D eigenvalue weighted by Gasteiger charge is -2.28. The van der Waals surface area contributed by atoms with Crippen molar-refractivity contribution < 1.29 is 14.2 Å². The molecule has 9 heteroatoms. The third kappa shape index (κ3) is 3.34. The van der Waals surface area contributed by atoms with E-state index < -0.39 is 17.7 Å². The Morgan fingerprint density at radius 2 is 2.31 bits per heavy atom. The van der Waals surface area contributed by atoms with Gasteiger partial charge in [0.25, 0.3) is 0 Å². The second-order valence-electron chi connectivity index (χ2n) is 7.03. The van der Waals surface area contributed by atoms with E-state index in [9.17, 15) is 14.8 Å². The number of nitrogens with zero attached hydrogens (tertiary/aromatic N) is 4. The zero-order chi connectivity index (χ0) is 19.1. The molecule has 140 valence electrons. The van der Waals surface area contributed by atoms with Crippen molar-refractivity contribution in [1.82, 2.24) is 14.6 Å². The van der Waals surface area contributed by atoms with E-state index in [0.717, 1.165) is 0 Å². The van der Waals surface area contributed by atoms with Crippen molar-refractivity contribution >= 4 is 23.1 Å². The van der Waals surface area contributed by atoms with Gasteiger partial charge in [0.2, 0.25) is 5.95 Å². The van der Waals surface area contributed by atoms with E-state index in [0.29, 0.717) is 24.2 Å². The van der Waals surface area contributed by atoms with Crippen LogP contribution in [0.1, 0.15) is 44.4 Å². The van der Waals surface area contributed by atoms with Gasteiger partial charge in [-0.25, -0.2) is 13.9 Å². The molecule has 0 spiro atoms. The van der Waals surface area contributed by atoms with Crippen LogP contribution in [0, 0.1) is 11.3 Å². The van der Waals surface area contributed by atoms with Crippen LogP contribution in [0.5, 0.6) is 0 Å². The van der Waals surface area contributed by atoms with E-state index in [2.05, 4.69) is 21.5 Å². The molecule has 0 bridgehead atoms. The van der Waals surface area contributed by atoms with E-state index in [1.165, 1.54) is 24.6 Å². The summed E-state index contributed by atoms with van der Waals surface area (Å²) >= 11 is 6.30. The summed E-state index contributed by atoms with van der Waals surface area (Å²) in [6, 6.07) is 1.80. The van der Waals surface area contributed by atoms with Crippen molar-refractivity contribution in [3.05, 3.63) is 22.5 Å². The Morgan fingerprint density at radius 1 is 1.58 bits per heavy atom. The second-order valence-corrected chi connectivity index (χ2v) is 7.41. The summed E-state index contributed by atoms with van der Waals surface area (Å²) in [5.74, 6) is -0.349. The minimum atomic E-state index is -1.57. The molecule has 1 saturated heterocycles. The lowest BCUT2D eigenvalue weighted by Crippen LogP contribution is -2.42. The maximum absolute atomic E-state index is 14.6. The predicted molar refractivity (Wildman–Crippen MR) is 95.2 cm³/mol. The smallest absolute Gasteiger partial charge is 0.241 e. The largest absolute Gasteiger partial charge is 0.389 e. The third-order valence-corrected chi connectivity index (χ3v) is 5.24. The van der Waals surface area contributed by atoms with Crippen molar-refractivity contribution in [2.24, 2.45) is 0 Å². The molecule has 0 saturated carbocycles. The number of aliphatic hydroxyl groups is 1. The van der Waals surface area contributed by atoms with Crippen LogP contribution in [0.25, 0.3) is 5.52 Å². The molecule has 0 amide bonds. The number of fused-ring (bicyclic) bond motifs is 1. The standard InChI is InChI=1S/C17H21ClFN5O2/c1-9(17(2,3)19)15-10(6-20)14(18)12-7-21-16(23-24(12)15)22-11-4-5-26-8-13(11)25/h7,9,11,13,25H,4-5,8H2,1-3H3,(H,22,23)/t9?,11-,13-/m1/s1. The monoisotopic (exact) mass is 381 g/mol. The summed E-state index contributed by atoms with van der Waals surface area (Å²) in [6.07, 6.45) is 1.43. The molecular weight excluding hydrogens is 361 g/mol. The SMILES string of the molecule is CC(c1c(C#N)c(Cl)c2cnc(N[C@@H]3CCOC[C@H]3O)nn12)C(C)(C)F. The summed E-state index contributed by atoms with van der Waals surface area (Å²) in [5, 5.41) is 27.2. The lowest BCUT2D eigenvalue weighted by atomic mass is 9.90. The molecule has 7 nitrogen and oxygen atoms in total. The molecule has 1 unspecified atom stereocenters. The molecule has 2 aromatic rings. The summed E-state index contributed by atoms with van der Waals surface area (Å²) in [7, 11) is 0. The number of hydrogen-bond donors (Lipinski definition) is 2. The van der Waals surface area contributed by atoms with E-state index >= 15 is 0 Å². The fraction of sp³-hybridized carbons (Fsp3) is 0.588. The number of hydrogen-bond acceptors (Lipinski definition) is 6. The van der Waals surface area contributed by atoms with Crippen molar-refractivity contribution in [2.45, 2.75) is 50.9 Å². The average molecular weight is 382 g/mol. The van der Waals surface area contributed by atoms with E-state index in [4.69, 9.17) is 16.3 Å². The van der Waals surface area contributed by atoms with Gasteiger partial charge in [-0.1, -0.05) is 18.5 Å². The topological polar surface area (TPSA) is 95.5 Å². The molecule has 2 aromatic heterocycles. The highest BCUT2D eigenvalue weighted by Gasteiger charge is 2.33. The van der Waals surface area contributed by atoms with Gasteiger partial charge in [-0.15, -0.1) is 5.10 Å². The number of aromatic nitrogens is 3. The van der Waals surface area contributed by atoms with Crippen molar-refractivity contribution in [1.29, 1.82) is 5.26 Å². The van der Waals surface area contributed by atoms with Gasteiger partial charge < -0.3 is 15.2 Å². The first-order chi connectivity index (χ1) is 12.2. The van der Waals surface area contributed by atoms with Gasteiger partial charge in [0.1, 0.15) is 17.3 Å². The number of rotatable bonds is 4. The molecule has 3 heterocycles. The van der Waals surface area contributed by atoms with Crippen LogP contribution in [-0.2, 0) is 4.74 Å². The molecule has 2 N–H and O–H groups in total. The summed E-state index contributed by atoms with van der Waals surface area (Å²) in [4.78, 5) is 4.22. The van der Waals surface area contributed by atoms with Gasteiger partial charge in [-0.05, 0) is 20.3 Å². The van der Waals surface area contributed by atoms with Gasteiger partial charge in [-0.3, -0.25) is 0 Å². The molecular formula is C17H21ClFN5O2. The second kappa shape index (κ2) is 6.99. The van der Waals surface area contributed by atoms with Crippen molar-refractivity contribution in [3.63, 3.8) is 0 Å². The number of nitrogens with one attached hydrogen (secondary N) is 1. The number of anilines is 1. The summed E-state index contributed by atoms with van der Waals surface area (Å²) in [6.45, 7) is 5.36. The quantitative estimate of drug-likeness (QED) is 0.845. The first kappa shape index (κ1) is 18.8. The molecule has 1 fully saturated rings. The first-order valence-corrected chi connectivity index (χ1v) is 8.80. The minimum Gasteiger partial charge on any atom is -0.389 e. The first-order valence-electron chi connectivity index (χ1n) is 8.42. The van der Waals surface area contributed by atoms with Crippen LogP contribution < -0.4 is 5.32 Å². The third-order valence-electron chi connectivity index (χ3n) is 4.85. The highest BCUT2D eigenvalue weighted by molar-refractivity contribution is 6.35. The maximum Gasteiger partial charge on any atom is 0.241 e. The summed E-state index contributed by atoms with van der Waals surface area (Å²) in [5.41, 5.74) is -0.536.